The van der Waals surface area contributed by atoms with E-state index in [0.29, 0.717) is 17.9 Å². The Kier molecular flexibility index (Phi) is 3.73. The first kappa shape index (κ1) is 14.0. The smallest absolute Gasteiger partial charge is 0.330 e. The average Bonchev–Trinajstić information content (AvgIpc) is 3.11. The van der Waals surface area contributed by atoms with E-state index in [-0.39, 0.29) is 17.5 Å². The molecule has 1 aromatic rings. The van der Waals surface area contributed by atoms with Crippen molar-refractivity contribution in [1.82, 2.24) is 5.06 Å². The van der Waals surface area contributed by atoms with Crippen LogP contribution < -0.4 is 0 Å². The van der Waals surface area contributed by atoms with Crippen molar-refractivity contribution >= 4 is 17.8 Å². The number of hydrogen-bond donors (Lipinski definition) is 0. The van der Waals surface area contributed by atoms with Gasteiger partial charge in [-0.05, 0) is 36.6 Å². The minimum atomic E-state index is -0.599. The zero-order valence-electron chi connectivity index (χ0n) is 11.7. The maximum Gasteiger partial charge on any atom is 0.333 e. The van der Waals surface area contributed by atoms with Gasteiger partial charge in [-0.2, -0.15) is 0 Å². The maximum absolute atomic E-state index is 12.0. The summed E-state index contributed by atoms with van der Waals surface area (Å²) in [5.41, 5.74) is 4.57. The lowest BCUT2D eigenvalue weighted by molar-refractivity contribution is -0.168. The fourth-order valence-corrected chi connectivity index (χ4v) is 2.34. The molecule has 1 aliphatic heterocycles. The van der Waals surface area contributed by atoms with Gasteiger partial charge in [0.1, 0.15) is 0 Å². The van der Waals surface area contributed by atoms with Crippen LogP contribution in [0.15, 0.2) is 53.8 Å². The van der Waals surface area contributed by atoms with E-state index in [1.165, 1.54) is 12.1 Å². The molecule has 5 nitrogen and oxygen atoms in total. The lowest BCUT2D eigenvalue weighted by Crippen LogP contribution is -2.32. The van der Waals surface area contributed by atoms with Gasteiger partial charge in [0.25, 0.3) is 11.8 Å². The van der Waals surface area contributed by atoms with Crippen molar-refractivity contribution in [3.8, 4) is 0 Å². The molecule has 0 N–H and O–H groups in total. The molecule has 110 valence electrons. The number of allylic oxidation sites excluding steroid dienone is 3. The van der Waals surface area contributed by atoms with Crippen LogP contribution in [0.25, 0.3) is 0 Å². The average molecular weight is 295 g/mol. The molecule has 1 aromatic carbocycles. The number of amides is 2. The molecule has 0 atom stereocenters. The van der Waals surface area contributed by atoms with Crippen molar-refractivity contribution < 1.29 is 19.2 Å². The number of imide groups is 1. The Labute approximate surface area is 127 Å². The highest BCUT2D eigenvalue weighted by Gasteiger charge is 2.38. The molecule has 2 aliphatic rings. The molecule has 2 amide bonds. The van der Waals surface area contributed by atoms with Gasteiger partial charge in [0.15, 0.2) is 0 Å². The molecule has 0 unspecified atom stereocenters. The molecule has 1 aliphatic carbocycles. The predicted molar refractivity (Wildman–Crippen MR) is 77.6 cm³/mol. The van der Waals surface area contributed by atoms with Gasteiger partial charge in [0.05, 0.1) is 11.1 Å². The number of nitrogens with zero attached hydrogens (tertiary/aromatic N) is 1. The molecule has 5 heteroatoms. The fourth-order valence-electron chi connectivity index (χ4n) is 2.34. The summed E-state index contributed by atoms with van der Waals surface area (Å²) < 4.78 is 0. The first-order chi connectivity index (χ1) is 10.7. The second-order valence-corrected chi connectivity index (χ2v) is 4.96. The lowest BCUT2D eigenvalue weighted by atomic mass is 10.1. The van der Waals surface area contributed by atoms with E-state index in [1.807, 2.05) is 18.2 Å². The number of rotatable bonds is 5. The van der Waals surface area contributed by atoms with Crippen molar-refractivity contribution in [3.05, 3.63) is 64.9 Å². The number of carbonyl (C=O) groups excluding carboxylic acids is 3. The van der Waals surface area contributed by atoms with Crippen molar-refractivity contribution in [2.75, 3.05) is 0 Å². The third kappa shape index (κ3) is 2.62. The van der Waals surface area contributed by atoms with Gasteiger partial charge in [-0.3, -0.25) is 9.59 Å². The Balaban J connectivity index is 1.56. The highest BCUT2D eigenvalue weighted by atomic mass is 16.7. The van der Waals surface area contributed by atoms with Crippen LogP contribution in [0.3, 0.4) is 0 Å². The number of fused-ring (bicyclic) bond motifs is 1. The maximum atomic E-state index is 12.0. The molecule has 3 rings (SSSR count). The Morgan fingerprint density at radius 1 is 1.14 bits per heavy atom. The van der Waals surface area contributed by atoms with E-state index in [1.54, 1.807) is 12.1 Å². The minimum Gasteiger partial charge on any atom is -0.330 e. The topological polar surface area (TPSA) is 63.7 Å². The van der Waals surface area contributed by atoms with Crippen LogP contribution in [-0.4, -0.2) is 22.8 Å². The molecular formula is C17H13NO4. The van der Waals surface area contributed by atoms with E-state index in [9.17, 15) is 14.4 Å². The van der Waals surface area contributed by atoms with Crippen LogP contribution in [-0.2, 0) is 9.63 Å². The van der Waals surface area contributed by atoms with E-state index in [4.69, 9.17) is 4.84 Å². The quantitative estimate of drug-likeness (QED) is 0.618. The Hall–Kier alpha value is -2.91. The van der Waals surface area contributed by atoms with Crippen molar-refractivity contribution in [2.45, 2.75) is 19.3 Å². The van der Waals surface area contributed by atoms with Crippen LogP contribution >= 0.6 is 0 Å². The lowest BCUT2D eigenvalue weighted by Gasteiger charge is -2.12. The summed E-state index contributed by atoms with van der Waals surface area (Å²) in [6.07, 6.45) is 7.02. The molecule has 0 saturated heterocycles. The van der Waals surface area contributed by atoms with Crippen molar-refractivity contribution in [1.29, 1.82) is 0 Å². The minimum absolute atomic E-state index is 0.131. The molecule has 0 bridgehead atoms. The number of hydroxylamine groups is 2. The third-order valence-corrected chi connectivity index (χ3v) is 3.44. The normalized spacial score (nSPS) is 15.3. The number of carbonyl (C=O) groups is 3. The van der Waals surface area contributed by atoms with Gasteiger partial charge in [-0.1, -0.05) is 29.3 Å². The zero-order valence-corrected chi connectivity index (χ0v) is 11.7. The summed E-state index contributed by atoms with van der Waals surface area (Å²) >= 11 is 0. The van der Waals surface area contributed by atoms with Gasteiger partial charge in [0.2, 0.25) is 0 Å². The summed E-state index contributed by atoms with van der Waals surface area (Å²) in [7, 11) is 0. The molecule has 1 heterocycles. The van der Waals surface area contributed by atoms with Gasteiger partial charge in [-0.25, -0.2) is 4.79 Å². The summed E-state index contributed by atoms with van der Waals surface area (Å²) in [6.45, 7) is 0. The third-order valence-electron chi connectivity index (χ3n) is 3.44. The van der Waals surface area contributed by atoms with E-state index in [0.717, 1.165) is 5.57 Å². The summed E-state index contributed by atoms with van der Waals surface area (Å²) in [6, 6.07) is 6.39. The Morgan fingerprint density at radius 3 is 2.41 bits per heavy atom. The molecule has 0 saturated carbocycles. The summed E-state index contributed by atoms with van der Waals surface area (Å²) in [5, 5.41) is 0.543. The van der Waals surface area contributed by atoms with Crippen molar-refractivity contribution in [3.63, 3.8) is 0 Å². The molecule has 22 heavy (non-hydrogen) atoms. The first-order valence-electron chi connectivity index (χ1n) is 6.97. The van der Waals surface area contributed by atoms with Crippen LogP contribution in [0.4, 0.5) is 0 Å². The highest BCUT2D eigenvalue weighted by molar-refractivity contribution is 6.20. The van der Waals surface area contributed by atoms with Gasteiger partial charge in [-0.15, -0.1) is 5.73 Å². The van der Waals surface area contributed by atoms with Crippen LogP contribution in [0, 0.1) is 0 Å². The standard InChI is InChI=1S/C17H13NO4/c19-15(11-5-8-12-6-1-2-7-12)22-18-16(20)13-9-3-4-10-14(13)17(18)21/h1-4,6,9-10H,5,8,11H2. The van der Waals surface area contributed by atoms with Gasteiger partial charge >= 0.3 is 5.97 Å². The zero-order chi connectivity index (χ0) is 15.5. The Morgan fingerprint density at radius 2 is 1.82 bits per heavy atom. The monoisotopic (exact) mass is 295 g/mol. The van der Waals surface area contributed by atoms with Crippen molar-refractivity contribution in [2.24, 2.45) is 0 Å². The van der Waals surface area contributed by atoms with Crippen LogP contribution in [0.1, 0.15) is 40.0 Å². The summed E-state index contributed by atoms with van der Waals surface area (Å²) in [5.74, 6) is -1.79. The predicted octanol–water partition coefficient (Wildman–Crippen LogP) is 2.56. The molecular weight excluding hydrogens is 282 g/mol. The molecule has 0 aromatic heterocycles. The van der Waals surface area contributed by atoms with Gasteiger partial charge < -0.3 is 4.84 Å². The Bertz CT molecular complexity index is 719. The second-order valence-electron chi connectivity index (χ2n) is 4.96. The van der Waals surface area contributed by atoms with E-state index >= 15 is 0 Å². The SMILES string of the molecule is O=C(CCCC1=C=CC=C1)ON1C(=O)c2ccccc2C1=O. The van der Waals surface area contributed by atoms with Gasteiger partial charge in [0, 0.05) is 6.42 Å². The van der Waals surface area contributed by atoms with Crippen LogP contribution in [0.5, 0.6) is 0 Å². The van der Waals surface area contributed by atoms with E-state index in [2.05, 4.69) is 5.73 Å². The first-order valence-corrected chi connectivity index (χ1v) is 6.97. The molecule has 0 spiro atoms. The van der Waals surface area contributed by atoms with E-state index < -0.39 is 17.8 Å². The largest absolute Gasteiger partial charge is 0.333 e. The van der Waals surface area contributed by atoms with Crippen LogP contribution in [0.2, 0.25) is 0 Å². The number of benzene rings is 1. The second kappa shape index (κ2) is 5.84. The molecule has 0 radical (unpaired) electrons. The number of hydrogen-bond acceptors (Lipinski definition) is 4. The molecule has 0 fully saturated rings. The summed E-state index contributed by atoms with van der Waals surface area (Å²) in [4.78, 5) is 40.8. The highest BCUT2D eigenvalue weighted by Crippen LogP contribution is 2.23. The fraction of sp³-hybridized carbons (Fsp3) is 0.176.